The molecule has 0 amide bonds. The van der Waals surface area contributed by atoms with Crippen molar-refractivity contribution in [2.75, 3.05) is 18.9 Å². The topological polar surface area (TPSA) is 21.3 Å². The Kier molecular flexibility index (Phi) is 5.92. The van der Waals surface area contributed by atoms with Crippen LogP contribution in [0.25, 0.3) is 0 Å². The smallest absolute Gasteiger partial charge is 0.0685 e. The van der Waals surface area contributed by atoms with Gasteiger partial charge in [0.2, 0.25) is 0 Å². The minimum Gasteiger partial charge on any atom is -0.375 e. The third-order valence-electron chi connectivity index (χ3n) is 5.80. The average Bonchev–Trinajstić information content (AvgIpc) is 3.03. The molecule has 0 aromatic carbocycles. The highest BCUT2D eigenvalue weighted by Gasteiger charge is 2.42. The van der Waals surface area contributed by atoms with Crippen molar-refractivity contribution in [2.45, 2.75) is 88.0 Å². The summed E-state index contributed by atoms with van der Waals surface area (Å²) in [5, 5.41) is 4.79. The van der Waals surface area contributed by atoms with Gasteiger partial charge in [-0.2, -0.15) is 11.8 Å². The van der Waals surface area contributed by atoms with E-state index in [2.05, 4.69) is 24.0 Å². The Morgan fingerprint density at radius 1 is 1.19 bits per heavy atom. The maximum Gasteiger partial charge on any atom is 0.0685 e. The molecule has 2 saturated heterocycles. The first kappa shape index (κ1) is 16.1. The van der Waals surface area contributed by atoms with Gasteiger partial charge in [-0.15, -0.1) is 0 Å². The van der Waals surface area contributed by atoms with Crippen LogP contribution in [0.3, 0.4) is 0 Å². The van der Waals surface area contributed by atoms with E-state index in [1.54, 1.807) is 0 Å². The summed E-state index contributed by atoms with van der Waals surface area (Å²) in [5.41, 5.74) is 0.260. The summed E-state index contributed by atoms with van der Waals surface area (Å²) < 4.78 is 6.32. The van der Waals surface area contributed by atoms with E-state index in [1.807, 2.05) is 0 Å². The van der Waals surface area contributed by atoms with E-state index in [1.165, 1.54) is 76.5 Å². The van der Waals surface area contributed by atoms with E-state index in [-0.39, 0.29) is 5.60 Å². The van der Waals surface area contributed by atoms with Crippen molar-refractivity contribution in [3.8, 4) is 0 Å². The first-order valence-corrected chi connectivity index (χ1v) is 10.4. The molecule has 0 radical (unpaired) electrons. The molecular weight excluding hydrogens is 278 g/mol. The van der Waals surface area contributed by atoms with Gasteiger partial charge in [0.1, 0.15) is 0 Å². The van der Waals surface area contributed by atoms with E-state index in [0.717, 1.165) is 23.8 Å². The molecule has 1 saturated carbocycles. The minimum absolute atomic E-state index is 0.260. The maximum atomic E-state index is 6.32. The summed E-state index contributed by atoms with van der Waals surface area (Å²) in [5.74, 6) is 2.22. The second-order valence-electron chi connectivity index (χ2n) is 7.38. The monoisotopic (exact) mass is 311 g/mol. The summed E-state index contributed by atoms with van der Waals surface area (Å²) >= 11 is 2.23. The van der Waals surface area contributed by atoms with Crippen molar-refractivity contribution in [3.63, 3.8) is 0 Å². The van der Waals surface area contributed by atoms with Crippen LogP contribution in [0.15, 0.2) is 0 Å². The van der Waals surface area contributed by atoms with Crippen molar-refractivity contribution in [1.82, 2.24) is 5.32 Å². The molecule has 3 rings (SSSR count). The second kappa shape index (κ2) is 7.70. The number of ether oxygens (including phenoxy) is 1. The molecule has 3 atom stereocenters. The van der Waals surface area contributed by atoms with Crippen LogP contribution in [0.5, 0.6) is 0 Å². The van der Waals surface area contributed by atoms with E-state index < -0.39 is 0 Å². The largest absolute Gasteiger partial charge is 0.375 e. The van der Waals surface area contributed by atoms with Crippen LogP contribution < -0.4 is 5.32 Å². The summed E-state index contributed by atoms with van der Waals surface area (Å²) in [6.07, 6.45) is 13.5. The average molecular weight is 312 g/mol. The molecule has 3 aliphatic rings. The lowest BCUT2D eigenvalue weighted by Crippen LogP contribution is -2.51. The number of hydrogen-bond acceptors (Lipinski definition) is 3. The van der Waals surface area contributed by atoms with E-state index in [0.29, 0.717) is 0 Å². The van der Waals surface area contributed by atoms with Gasteiger partial charge in [0.15, 0.2) is 0 Å². The zero-order valence-electron chi connectivity index (χ0n) is 13.7. The lowest BCUT2D eigenvalue weighted by molar-refractivity contribution is -0.121. The minimum atomic E-state index is 0.260. The van der Waals surface area contributed by atoms with Crippen LogP contribution in [-0.2, 0) is 4.74 Å². The third kappa shape index (κ3) is 3.97. The lowest BCUT2D eigenvalue weighted by Gasteiger charge is -2.46. The molecule has 2 aliphatic heterocycles. The zero-order valence-corrected chi connectivity index (χ0v) is 14.6. The Morgan fingerprint density at radius 2 is 2.05 bits per heavy atom. The molecule has 2 heterocycles. The predicted octanol–water partition coefficient (Wildman–Crippen LogP) is 4.38. The molecule has 0 aromatic heterocycles. The molecule has 0 bridgehead atoms. The molecule has 0 aromatic rings. The van der Waals surface area contributed by atoms with E-state index in [9.17, 15) is 0 Å². The normalized spacial score (nSPS) is 34.1. The Morgan fingerprint density at radius 3 is 2.76 bits per heavy atom. The molecule has 3 fully saturated rings. The molecule has 3 heteroatoms. The Balaban J connectivity index is 1.65. The summed E-state index contributed by atoms with van der Waals surface area (Å²) in [6.45, 7) is 4.48. The first-order chi connectivity index (χ1) is 10.3. The van der Waals surface area contributed by atoms with Gasteiger partial charge in [-0.3, -0.25) is 0 Å². The van der Waals surface area contributed by atoms with Gasteiger partial charge in [-0.05, 0) is 63.2 Å². The van der Waals surface area contributed by atoms with Crippen LogP contribution in [0.2, 0.25) is 0 Å². The van der Waals surface area contributed by atoms with Gasteiger partial charge >= 0.3 is 0 Å². The number of hydrogen-bond donors (Lipinski definition) is 1. The Labute approximate surface area is 135 Å². The fraction of sp³-hybridized carbons (Fsp3) is 1.00. The van der Waals surface area contributed by atoms with Crippen LogP contribution in [-0.4, -0.2) is 35.8 Å². The van der Waals surface area contributed by atoms with Gasteiger partial charge in [0, 0.05) is 17.9 Å². The third-order valence-corrected chi connectivity index (χ3v) is 7.28. The SMILES string of the molecule is CCCNC(C1CCOC2(CCCCC2)C1)C1CCCS1. The van der Waals surface area contributed by atoms with Gasteiger partial charge in [0.25, 0.3) is 0 Å². The molecule has 1 spiro atoms. The molecule has 1 N–H and O–H groups in total. The summed E-state index contributed by atoms with van der Waals surface area (Å²) in [6, 6.07) is 0.736. The fourth-order valence-corrected chi connectivity index (χ4v) is 6.21. The Bertz CT molecular complexity index is 305. The molecular formula is C18H33NOS. The van der Waals surface area contributed by atoms with Crippen molar-refractivity contribution in [3.05, 3.63) is 0 Å². The molecule has 1 aliphatic carbocycles. The van der Waals surface area contributed by atoms with Crippen molar-refractivity contribution in [1.29, 1.82) is 0 Å². The standard InChI is InChI=1S/C18H33NOS/c1-2-11-19-17(16-7-6-13-21-16)15-8-12-20-18(14-15)9-4-3-5-10-18/h15-17,19H,2-14H2,1H3. The molecule has 21 heavy (non-hydrogen) atoms. The number of thioether (sulfide) groups is 1. The van der Waals surface area contributed by atoms with Gasteiger partial charge in [-0.25, -0.2) is 0 Å². The van der Waals surface area contributed by atoms with E-state index >= 15 is 0 Å². The zero-order chi connectivity index (χ0) is 14.5. The summed E-state index contributed by atoms with van der Waals surface area (Å²) in [4.78, 5) is 0. The van der Waals surface area contributed by atoms with Crippen LogP contribution in [0.4, 0.5) is 0 Å². The van der Waals surface area contributed by atoms with Crippen molar-refractivity contribution >= 4 is 11.8 Å². The first-order valence-electron chi connectivity index (χ1n) is 9.32. The maximum absolute atomic E-state index is 6.32. The highest BCUT2D eigenvalue weighted by molar-refractivity contribution is 8.00. The fourth-order valence-electron chi connectivity index (χ4n) is 4.72. The summed E-state index contributed by atoms with van der Waals surface area (Å²) in [7, 11) is 0. The number of nitrogens with one attached hydrogen (secondary N) is 1. The Hall–Kier alpha value is 0.270. The molecule has 122 valence electrons. The van der Waals surface area contributed by atoms with Gasteiger partial charge in [-0.1, -0.05) is 26.2 Å². The second-order valence-corrected chi connectivity index (χ2v) is 8.72. The lowest BCUT2D eigenvalue weighted by atomic mass is 9.73. The molecule has 2 nitrogen and oxygen atoms in total. The highest BCUT2D eigenvalue weighted by Crippen LogP contribution is 2.44. The van der Waals surface area contributed by atoms with Crippen LogP contribution >= 0.6 is 11.8 Å². The van der Waals surface area contributed by atoms with Crippen LogP contribution in [0.1, 0.15) is 71.1 Å². The quantitative estimate of drug-likeness (QED) is 0.814. The number of rotatable bonds is 5. The molecule has 3 unspecified atom stereocenters. The van der Waals surface area contributed by atoms with Gasteiger partial charge in [0.05, 0.1) is 5.60 Å². The van der Waals surface area contributed by atoms with Gasteiger partial charge < -0.3 is 10.1 Å². The van der Waals surface area contributed by atoms with Crippen molar-refractivity contribution < 1.29 is 4.74 Å². The highest BCUT2D eigenvalue weighted by atomic mass is 32.2. The predicted molar refractivity (Wildman–Crippen MR) is 92.1 cm³/mol. The van der Waals surface area contributed by atoms with Crippen LogP contribution in [0, 0.1) is 5.92 Å². The van der Waals surface area contributed by atoms with Crippen molar-refractivity contribution in [2.24, 2.45) is 5.92 Å². The van der Waals surface area contributed by atoms with E-state index in [4.69, 9.17) is 4.74 Å².